The van der Waals surface area contributed by atoms with Crippen LogP contribution in [-0.2, 0) is 9.59 Å². The molecule has 2 rings (SSSR count). The Morgan fingerprint density at radius 2 is 1.17 bits per heavy atom. The van der Waals surface area contributed by atoms with E-state index in [-0.39, 0.29) is 11.4 Å². The molecule has 2 amide bonds. The Kier molecular flexibility index (Phi) is 5.42. The summed E-state index contributed by atoms with van der Waals surface area (Å²) in [5.74, 6) is -2.03. The highest BCUT2D eigenvalue weighted by Gasteiger charge is 2.04. The van der Waals surface area contributed by atoms with Crippen LogP contribution in [0.15, 0.2) is 48.6 Å². The van der Waals surface area contributed by atoms with Crippen LogP contribution in [0.5, 0.6) is 0 Å². The smallest absolute Gasteiger partial charge is 0.248 e. The minimum Gasteiger partial charge on any atom is -0.322 e. The molecule has 24 heavy (non-hydrogen) atoms. The van der Waals surface area contributed by atoms with Crippen molar-refractivity contribution >= 4 is 23.2 Å². The quantitative estimate of drug-likeness (QED) is 0.840. The Hall–Kier alpha value is -3.02. The van der Waals surface area contributed by atoms with Crippen LogP contribution in [0.4, 0.5) is 20.2 Å². The van der Waals surface area contributed by atoms with Gasteiger partial charge in [-0.15, -0.1) is 0 Å². The van der Waals surface area contributed by atoms with E-state index in [1.54, 1.807) is 26.0 Å². The number of aryl methyl sites for hydroxylation is 2. The lowest BCUT2D eigenvalue weighted by atomic mass is 10.2. The maximum absolute atomic E-state index is 13.4. The monoisotopic (exact) mass is 330 g/mol. The highest BCUT2D eigenvalue weighted by Crippen LogP contribution is 2.14. The lowest BCUT2D eigenvalue weighted by molar-refractivity contribution is -0.114. The first-order valence-electron chi connectivity index (χ1n) is 7.17. The Balaban J connectivity index is 1.93. The second-order valence-corrected chi connectivity index (χ2v) is 5.24. The summed E-state index contributed by atoms with van der Waals surface area (Å²) in [6.45, 7) is 3.22. The molecule has 124 valence electrons. The fourth-order valence-electron chi connectivity index (χ4n) is 1.86. The van der Waals surface area contributed by atoms with Crippen molar-refractivity contribution in [2.24, 2.45) is 0 Å². The third kappa shape index (κ3) is 4.74. The first-order chi connectivity index (χ1) is 11.3. The molecule has 0 spiro atoms. The highest BCUT2D eigenvalue weighted by molar-refractivity contribution is 6.06. The number of hydrogen-bond donors (Lipinski definition) is 2. The maximum atomic E-state index is 13.4. The molecule has 0 radical (unpaired) electrons. The van der Waals surface area contributed by atoms with E-state index < -0.39 is 23.4 Å². The van der Waals surface area contributed by atoms with Gasteiger partial charge in [0.15, 0.2) is 0 Å². The molecular formula is C18H16F2N2O2. The third-order valence-electron chi connectivity index (χ3n) is 3.26. The summed E-state index contributed by atoms with van der Waals surface area (Å²) in [7, 11) is 0. The molecule has 0 aromatic heterocycles. The molecule has 0 heterocycles. The van der Waals surface area contributed by atoms with E-state index in [2.05, 4.69) is 10.6 Å². The molecule has 0 bridgehead atoms. The molecule has 0 saturated heterocycles. The summed E-state index contributed by atoms with van der Waals surface area (Å²) in [6.07, 6.45) is 2.02. The maximum Gasteiger partial charge on any atom is 0.248 e. The van der Waals surface area contributed by atoms with E-state index >= 15 is 0 Å². The zero-order valence-corrected chi connectivity index (χ0v) is 13.2. The van der Waals surface area contributed by atoms with Gasteiger partial charge in [-0.05, 0) is 49.2 Å². The van der Waals surface area contributed by atoms with Gasteiger partial charge in [0.05, 0.1) is 0 Å². The van der Waals surface area contributed by atoms with Gasteiger partial charge in [-0.1, -0.05) is 12.1 Å². The molecular weight excluding hydrogens is 314 g/mol. The fraction of sp³-hybridized carbons (Fsp3) is 0.111. The van der Waals surface area contributed by atoms with Crippen molar-refractivity contribution in [3.63, 3.8) is 0 Å². The number of carbonyl (C=O) groups excluding carboxylic acids is 2. The number of nitrogens with one attached hydrogen (secondary N) is 2. The van der Waals surface area contributed by atoms with E-state index in [1.165, 1.54) is 24.3 Å². The lowest BCUT2D eigenvalue weighted by Crippen LogP contribution is -2.12. The Morgan fingerprint density at radius 3 is 1.50 bits per heavy atom. The average molecular weight is 330 g/mol. The van der Waals surface area contributed by atoms with E-state index in [9.17, 15) is 18.4 Å². The molecule has 0 fully saturated rings. The SMILES string of the molecule is Cc1ccc(NC(=O)C=CC(=O)Nc2ccc(C)c(F)c2)cc1F. The average Bonchev–Trinajstić information content (AvgIpc) is 2.53. The zero-order valence-electron chi connectivity index (χ0n) is 13.2. The van der Waals surface area contributed by atoms with Gasteiger partial charge in [0.1, 0.15) is 11.6 Å². The summed E-state index contributed by atoms with van der Waals surface area (Å²) in [6, 6.07) is 8.56. The summed E-state index contributed by atoms with van der Waals surface area (Å²) in [5.41, 5.74) is 1.50. The molecule has 2 N–H and O–H groups in total. The molecule has 0 aliphatic heterocycles. The molecule has 0 saturated carbocycles. The van der Waals surface area contributed by atoms with Crippen LogP contribution >= 0.6 is 0 Å². The van der Waals surface area contributed by atoms with Gasteiger partial charge < -0.3 is 10.6 Å². The topological polar surface area (TPSA) is 58.2 Å². The fourth-order valence-corrected chi connectivity index (χ4v) is 1.86. The molecule has 0 unspecified atom stereocenters. The Labute approximate surface area is 138 Å². The van der Waals surface area contributed by atoms with Gasteiger partial charge in [0, 0.05) is 23.5 Å². The minimum atomic E-state index is -0.580. The summed E-state index contributed by atoms with van der Waals surface area (Å²) >= 11 is 0. The predicted molar refractivity (Wildman–Crippen MR) is 88.7 cm³/mol. The van der Waals surface area contributed by atoms with Crippen molar-refractivity contribution in [2.75, 3.05) is 10.6 Å². The van der Waals surface area contributed by atoms with Crippen molar-refractivity contribution in [3.05, 3.63) is 71.3 Å². The van der Waals surface area contributed by atoms with Crippen molar-refractivity contribution in [3.8, 4) is 0 Å². The number of carbonyl (C=O) groups is 2. The number of benzene rings is 2. The molecule has 2 aromatic carbocycles. The van der Waals surface area contributed by atoms with Crippen LogP contribution in [0.2, 0.25) is 0 Å². The minimum absolute atomic E-state index is 0.286. The van der Waals surface area contributed by atoms with Crippen molar-refractivity contribution in [1.29, 1.82) is 0 Å². The van der Waals surface area contributed by atoms with Gasteiger partial charge in [0.25, 0.3) is 0 Å². The van der Waals surface area contributed by atoms with E-state index in [4.69, 9.17) is 0 Å². The molecule has 2 aromatic rings. The van der Waals surface area contributed by atoms with Crippen LogP contribution in [-0.4, -0.2) is 11.8 Å². The van der Waals surface area contributed by atoms with Gasteiger partial charge in [-0.3, -0.25) is 9.59 Å². The van der Waals surface area contributed by atoms with Gasteiger partial charge in [0.2, 0.25) is 11.8 Å². The van der Waals surface area contributed by atoms with Gasteiger partial charge in [-0.25, -0.2) is 8.78 Å². The van der Waals surface area contributed by atoms with Crippen LogP contribution < -0.4 is 10.6 Å². The molecule has 0 aliphatic rings. The zero-order chi connectivity index (χ0) is 17.7. The summed E-state index contributed by atoms with van der Waals surface area (Å²) < 4.78 is 26.8. The molecule has 0 aliphatic carbocycles. The lowest BCUT2D eigenvalue weighted by Gasteiger charge is -2.05. The summed E-state index contributed by atoms with van der Waals surface area (Å²) in [5, 5.41) is 4.88. The standard InChI is InChI=1S/C18H16F2N2O2/c1-11-3-5-13(9-15(11)19)21-17(23)7-8-18(24)22-14-6-4-12(2)16(20)10-14/h3-10H,1-2H3,(H,21,23)(H,22,24). The number of halogens is 2. The number of rotatable bonds is 4. The van der Waals surface area contributed by atoms with Crippen molar-refractivity contribution < 1.29 is 18.4 Å². The normalized spacial score (nSPS) is 10.7. The second-order valence-electron chi connectivity index (χ2n) is 5.24. The molecule has 4 nitrogen and oxygen atoms in total. The third-order valence-corrected chi connectivity index (χ3v) is 3.26. The number of hydrogen-bond acceptors (Lipinski definition) is 2. The van der Waals surface area contributed by atoms with E-state index in [0.29, 0.717) is 11.1 Å². The van der Waals surface area contributed by atoms with Crippen LogP contribution in [0.1, 0.15) is 11.1 Å². The van der Waals surface area contributed by atoms with Crippen molar-refractivity contribution in [2.45, 2.75) is 13.8 Å². The van der Waals surface area contributed by atoms with Crippen LogP contribution in [0.25, 0.3) is 0 Å². The Bertz CT molecular complexity index is 749. The first-order valence-corrected chi connectivity index (χ1v) is 7.17. The van der Waals surface area contributed by atoms with E-state index in [1.807, 2.05) is 0 Å². The predicted octanol–water partition coefficient (Wildman–Crippen LogP) is 3.72. The number of amides is 2. The first kappa shape index (κ1) is 17.3. The van der Waals surface area contributed by atoms with Gasteiger partial charge in [-0.2, -0.15) is 0 Å². The largest absolute Gasteiger partial charge is 0.322 e. The van der Waals surface area contributed by atoms with E-state index in [0.717, 1.165) is 12.2 Å². The van der Waals surface area contributed by atoms with Crippen LogP contribution in [0, 0.1) is 25.5 Å². The summed E-state index contributed by atoms with van der Waals surface area (Å²) in [4.78, 5) is 23.4. The highest BCUT2D eigenvalue weighted by atomic mass is 19.1. The molecule has 6 heteroatoms. The number of anilines is 2. The molecule has 0 atom stereocenters. The van der Waals surface area contributed by atoms with Gasteiger partial charge >= 0.3 is 0 Å². The second kappa shape index (κ2) is 7.50. The van der Waals surface area contributed by atoms with Crippen molar-refractivity contribution in [1.82, 2.24) is 0 Å². The van der Waals surface area contributed by atoms with Crippen LogP contribution in [0.3, 0.4) is 0 Å². The Morgan fingerprint density at radius 1 is 0.792 bits per heavy atom.